The van der Waals surface area contributed by atoms with Crippen molar-refractivity contribution in [3.8, 4) is 0 Å². The van der Waals surface area contributed by atoms with Crippen LogP contribution in [0.5, 0.6) is 0 Å². The molecule has 1 N–H and O–H groups in total. The topological polar surface area (TPSA) is 86.8 Å². The number of hydrogen-bond acceptors (Lipinski definition) is 4. The van der Waals surface area contributed by atoms with E-state index in [4.69, 9.17) is 23.2 Å². The predicted octanol–water partition coefficient (Wildman–Crippen LogP) is 4.08. The lowest BCUT2D eigenvalue weighted by atomic mass is 10.1. The molecule has 0 bridgehead atoms. The highest BCUT2D eigenvalue weighted by atomic mass is 79.9. The summed E-state index contributed by atoms with van der Waals surface area (Å²) < 4.78 is 26.7. The number of benzene rings is 2. The molecule has 0 aliphatic rings. The minimum absolute atomic E-state index is 0.0476. The van der Waals surface area contributed by atoms with Crippen molar-refractivity contribution in [3.63, 3.8) is 0 Å². The molecule has 0 radical (unpaired) electrons. The van der Waals surface area contributed by atoms with Crippen LogP contribution in [0.2, 0.25) is 10.0 Å². The normalized spacial score (nSPS) is 12.2. The Hall–Kier alpha value is -1.81. The zero-order valence-electron chi connectivity index (χ0n) is 17.8. The van der Waals surface area contributed by atoms with Gasteiger partial charge in [0.1, 0.15) is 12.6 Å². The third kappa shape index (κ3) is 7.10. The predicted molar refractivity (Wildman–Crippen MR) is 131 cm³/mol. The van der Waals surface area contributed by atoms with Crippen LogP contribution in [0.3, 0.4) is 0 Å². The fourth-order valence-electron chi connectivity index (χ4n) is 2.96. The van der Waals surface area contributed by atoms with Crippen molar-refractivity contribution >= 4 is 66.7 Å². The van der Waals surface area contributed by atoms with E-state index in [9.17, 15) is 18.0 Å². The fraction of sp³-hybridized carbons (Fsp3) is 0.333. The number of nitrogens with zero attached hydrogens (tertiary/aromatic N) is 2. The second-order valence-corrected chi connectivity index (χ2v) is 10.7. The molecule has 0 spiro atoms. The first kappa shape index (κ1) is 26.4. The molecule has 0 heterocycles. The second kappa shape index (κ2) is 11.4. The molecule has 174 valence electrons. The van der Waals surface area contributed by atoms with Gasteiger partial charge >= 0.3 is 0 Å². The van der Waals surface area contributed by atoms with Crippen molar-refractivity contribution < 1.29 is 18.0 Å². The molecule has 32 heavy (non-hydrogen) atoms. The Morgan fingerprint density at radius 1 is 1.09 bits per heavy atom. The number of sulfonamides is 1. The number of hydrogen-bond donors (Lipinski definition) is 1. The Morgan fingerprint density at radius 2 is 1.72 bits per heavy atom. The van der Waals surface area contributed by atoms with Crippen LogP contribution in [0.15, 0.2) is 46.9 Å². The highest BCUT2D eigenvalue weighted by molar-refractivity contribution is 9.10. The lowest BCUT2D eigenvalue weighted by molar-refractivity contribution is -0.139. The van der Waals surface area contributed by atoms with Gasteiger partial charge in [-0.25, -0.2) is 8.42 Å². The monoisotopic (exact) mass is 563 g/mol. The summed E-state index contributed by atoms with van der Waals surface area (Å²) in [6.07, 6.45) is 1.03. The lowest BCUT2D eigenvalue weighted by Gasteiger charge is -2.31. The number of amides is 2. The number of carbonyl (C=O) groups excluding carboxylic acids is 2. The maximum atomic E-state index is 13.3. The number of halogens is 3. The Balaban J connectivity index is 2.39. The lowest BCUT2D eigenvalue weighted by Crippen LogP contribution is -2.51. The van der Waals surface area contributed by atoms with Crippen LogP contribution in [0, 0.1) is 0 Å². The number of nitrogens with one attached hydrogen (secondary N) is 1. The summed E-state index contributed by atoms with van der Waals surface area (Å²) in [5.74, 6) is -0.890. The standard InChI is InChI=1S/C21H24BrCl2N3O4S/c1-4-25-21(29)14(2)26(12-15-5-10-18(23)19(24)11-15)20(28)13-27(32(3,30)31)17-8-6-16(22)7-9-17/h5-11,14H,4,12-13H2,1-3H3,(H,25,29). The zero-order chi connectivity index (χ0) is 24.1. The van der Waals surface area contributed by atoms with E-state index in [2.05, 4.69) is 21.2 Å². The largest absolute Gasteiger partial charge is 0.355 e. The SMILES string of the molecule is CCNC(=O)C(C)N(Cc1ccc(Cl)c(Cl)c1)C(=O)CN(c1ccc(Br)cc1)S(C)(=O)=O. The summed E-state index contributed by atoms with van der Waals surface area (Å²) >= 11 is 15.4. The molecule has 11 heteroatoms. The van der Waals surface area contributed by atoms with Crippen molar-refractivity contribution in [1.82, 2.24) is 10.2 Å². The molecular formula is C21H24BrCl2N3O4S. The molecule has 2 rings (SSSR count). The molecule has 1 unspecified atom stereocenters. The molecule has 0 saturated carbocycles. The molecule has 2 aromatic rings. The smallest absolute Gasteiger partial charge is 0.244 e. The van der Waals surface area contributed by atoms with E-state index in [1.807, 2.05) is 0 Å². The molecule has 0 aliphatic heterocycles. The van der Waals surface area contributed by atoms with Crippen molar-refractivity contribution in [1.29, 1.82) is 0 Å². The number of rotatable bonds is 9. The van der Waals surface area contributed by atoms with Crippen LogP contribution in [0.25, 0.3) is 0 Å². The molecule has 0 fully saturated rings. The molecule has 0 aliphatic carbocycles. The van der Waals surface area contributed by atoms with Gasteiger partial charge in [-0.1, -0.05) is 45.2 Å². The van der Waals surface area contributed by atoms with Gasteiger partial charge in [0.05, 0.1) is 22.0 Å². The number of anilines is 1. The molecule has 2 amide bonds. The first-order valence-corrected chi connectivity index (χ1v) is 13.1. The van der Waals surface area contributed by atoms with Crippen LogP contribution >= 0.6 is 39.1 Å². The summed E-state index contributed by atoms with van der Waals surface area (Å²) in [4.78, 5) is 27.1. The molecule has 7 nitrogen and oxygen atoms in total. The minimum atomic E-state index is -3.77. The Kier molecular flexibility index (Phi) is 9.39. The van der Waals surface area contributed by atoms with Crippen LogP contribution in [-0.2, 0) is 26.2 Å². The summed E-state index contributed by atoms with van der Waals surface area (Å²) in [5, 5.41) is 3.37. The van der Waals surface area contributed by atoms with Crippen molar-refractivity contribution in [3.05, 3.63) is 62.5 Å². The average Bonchev–Trinajstić information content (AvgIpc) is 2.72. The Morgan fingerprint density at radius 3 is 2.25 bits per heavy atom. The van der Waals surface area contributed by atoms with Gasteiger partial charge in [-0.3, -0.25) is 13.9 Å². The van der Waals surface area contributed by atoms with Crippen molar-refractivity contribution in [2.75, 3.05) is 23.7 Å². The van der Waals surface area contributed by atoms with Gasteiger partial charge in [-0.15, -0.1) is 0 Å². The van der Waals surface area contributed by atoms with Crippen molar-refractivity contribution in [2.24, 2.45) is 0 Å². The van der Waals surface area contributed by atoms with Gasteiger partial charge in [0, 0.05) is 17.6 Å². The van der Waals surface area contributed by atoms with Crippen molar-refractivity contribution in [2.45, 2.75) is 26.4 Å². The van der Waals surface area contributed by atoms with E-state index < -0.39 is 28.5 Å². The summed E-state index contributed by atoms with van der Waals surface area (Å²) in [6, 6.07) is 10.6. The van der Waals surface area contributed by atoms with Gasteiger partial charge in [0.2, 0.25) is 21.8 Å². The van der Waals surface area contributed by atoms with Gasteiger partial charge in [0.15, 0.2) is 0 Å². The molecule has 2 aromatic carbocycles. The molecule has 0 saturated heterocycles. The van der Waals surface area contributed by atoms with E-state index in [1.165, 1.54) is 4.90 Å². The maximum Gasteiger partial charge on any atom is 0.244 e. The van der Waals surface area contributed by atoms with E-state index in [0.29, 0.717) is 27.8 Å². The van der Waals surface area contributed by atoms with Gasteiger partial charge in [-0.05, 0) is 55.8 Å². The Labute approximate surface area is 206 Å². The van der Waals surface area contributed by atoms with Gasteiger partial charge < -0.3 is 10.2 Å². The highest BCUT2D eigenvalue weighted by Gasteiger charge is 2.30. The van der Waals surface area contributed by atoms with Gasteiger partial charge in [0.25, 0.3) is 0 Å². The van der Waals surface area contributed by atoms with Crippen LogP contribution in [0.4, 0.5) is 5.69 Å². The van der Waals surface area contributed by atoms with E-state index in [0.717, 1.165) is 15.0 Å². The highest BCUT2D eigenvalue weighted by Crippen LogP contribution is 2.25. The molecular weight excluding hydrogens is 541 g/mol. The fourth-order valence-corrected chi connectivity index (χ4v) is 4.39. The first-order valence-electron chi connectivity index (χ1n) is 9.68. The van der Waals surface area contributed by atoms with Crippen LogP contribution in [0.1, 0.15) is 19.4 Å². The summed E-state index contributed by atoms with van der Waals surface area (Å²) in [6.45, 7) is 3.34. The number of carbonyl (C=O) groups is 2. The van der Waals surface area contributed by atoms with E-state index >= 15 is 0 Å². The van der Waals surface area contributed by atoms with Crippen LogP contribution < -0.4 is 9.62 Å². The quantitative estimate of drug-likeness (QED) is 0.497. The zero-order valence-corrected chi connectivity index (χ0v) is 21.7. The molecule has 1 atom stereocenters. The third-order valence-electron chi connectivity index (χ3n) is 4.65. The van der Waals surface area contributed by atoms with E-state index in [1.54, 1.807) is 56.3 Å². The van der Waals surface area contributed by atoms with E-state index in [-0.39, 0.29) is 12.5 Å². The maximum absolute atomic E-state index is 13.3. The minimum Gasteiger partial charge on any atom is -0.355 e. The first-order chi connectivity index (χ1) is 14.9. The average molecular weight is 565 g/mol. The number of likely N-dealkylation sites (N-methyl/N-ethyl adjacent to an activating group) is 1. The summed E-state index contributed by atoms with van der Waals surface area (Å²) in [5.41, 5.74) is 0.989. The second-order valence-electron chi connectivity index (χ2n) is 7.09. The molecule has 0 aromatic heterocycles. The Bertz CT molecular complexity index is 1080. The van der Waals surface area contributed by atoms with Gasteiger partial charge in [-0.2, -0.15) is 0 Å². The van der Waals surface area contributed by atoms with Crippen LogP contribution in [-0.4, -0.2) is 50.5 Å². The summed E-state index contributed by atoms with van der Waals surface area (Å²) in [7, 11) is -3.77. The third-order valence-corrected chi connectivity index (χ3v) is 7.06.